The molecule has 0 saturated heterocycles. The van der Waals surface area contributed by atoms with Crippen molar-refractivity contribution in [1.29, 1.82) is 0 Å². The van der Waals surface area contributed by atoms with E-state index < -0.39 is 0 Å². The predicted molar refractivity (Wildman–Crippen MR) is 85.1 cm³/mol. The quantitative estimate of drug-likeness (QED) is 0.777. The highest BCUT2D eigenvalue weighted by Gasteiger charge is 2.04. The lowest BCUT2D eigenvalue weighted by molar-refractivity contribution is -0.117. The third kappa shape index (κ3) is 4.12. The van der Waals surface area contributed by atoms with Gasteiger partial charge in [0, 0.05) is 11.8 Å². The smallest absolute Gasteiger partial charge is 0.248 e. The van der Waals surface area contributed by atoms with Gasteiger partial charge in [0.15, 0.2) is 4.80 Å². The molecule has 0 spiro atoms. The largest absolute Gasteiger partial charge is 0.301 e. The number of carbonyl (C=O) groups is 1. The predicted octanol–water partition coefficient (Wildman–Crippen LogP) is 3.72. The molecular weight excluding hydrogens is 275 g/mol. The second kappa shape index (κ2) is 8.03. The maximum atomic E-state index is 11.3. The van der Waals surface area contributed by atoms with E-state index in [4.69, 9.17) is 0 Å². The van der Waals surface area contributed by atoms with Crippen LogP contribution in [0.25, 0.3) is 11.3 Å². The summed E-state index contributed by atoms with van der Waals surface area (Å²) < 4.78 is 1.87. The number of carbonyl (C=O) groups excluding carboxylic acids is 1. The zero-order chi connectivity index (χ0) is 14.3. The first-order valence-electron chi connectivity index (χ1n) is 6.31. The first-order chi connectivity index (χ1) is 9.22. The van der Waals surface area contributed by atoms with Crippen molar-refractivity contribution in [3.8, 4) is 11.3 Å². The van der Waals surface area contributed by atoms with Crippen molar-refractivity contribution in [2.24, 2.45) is 4.99 Å². The fourth-order valence-corrected chi connectivity index (χ4v) is 2.81. The minimum atomic E-state index is -0.0948. The highest BCUT2D eigenvalue weighted by molar-refractivity contribution is 7.16. The highest BCUT2D eigenvalue weighted by Crippen LogP contribution is 2.20. The topological polar surface area (TPSA) is 34.4 Å². The number of aromatic nitrogens is 1. The van der Waals surface area contributed by atoms with Gasteiger partial charge in [0.1, 0.15) is 0 Å². The average Bonchev–Trinajstić information content (AvgIpc) is 2.83. The number of rotatable bonds is 2. The van der Waals surface area contributed by atoms with Crippen LogP contribution in [0.4, 0.5) is 0 Å². The Hall–Kier alpha value is -1.25. The van der Waals surface area contributed by atoms with E-state index in [-0.39, 0.29) is 5.91 Å². The monoisotopic (exact) mass is 294 g/mol. The van der Waals surface area contributed by atoms with E-state index in [0.29, 0.717) is 11.2 Å². The highest BCUT2D eigenvalue weighted by atomic mass is 32.1. The summed E-state index contributed by atoms with van der Waals surface area (Å²) in [6.07, 6.45) is 0.434. The molecule has 2 aromatic rings. The molecular formula is C14H19N2OPS. The Morgan fingerprint density at radius 3 is 2.53 bits per heavy atom. The Kier molecular flexibility index (Phi) is 6.68. The molecule has 0 bridgehead atoms. The summed E-state index contributed by atoms with van der Waals surface area (Å²) in [4.78, 5) is 16.1. The maximum Gasteiger partial charge on any atom is 0.248 e. The van der Waals surface area contributed by atoms with Crippen LogP contribution in [0.3, 0.4) is 0 Å². The van der Waals surface area contributed by atoms with Gasteiger partial charge in [-0.2, -0.15) is 4.99 Å². The van der Waals surface area contributed by atoms with Crippen molar-refractivity contribution in [1.82, 2.24) is 4.34 Å². The molecule has 1 aromatic heterocycles. The number of nitrogens with zero attached hydrogens (tertiary/aromatic N) is 2. The van der Waals surface area contributed by atoms with E-state index in [0.717, 1.165) is 11.3 Å². The van der Waals surface area contributed by atoms with Crippen LogP contribution in [0.15, 0.2) is 40.7 Å². The first kappa shape index (κ1) is 15.8. The SMILES string of the molecule is CC.CCC(=O)N=c1scc(-c2ccccc2)n1P. The molecule has 5 heteroatoms. The molecule has 3 nitrogen and oxygen atoms in total. The number of benzene rings is 1. The van der Waals surface area contributed by atoms with E-state index >= 15 is 0 Å². The Bertz CT molecular complexity index is 587. The molecule has 0 radical (unpaired) electrons. The molecule has 1 amide bonds. The molecule has 0 N–H and O–H groups in total. The van der Waals surface area contributed by atoms with E-state index in [1.54, 1.807) is 0 Å². The van der Waals surface area contributed by atoms with Crippen molar-refractivity contribution in [2.75, 3.05) is 0 Å². The molecule has 1 atom stereocenters. The van der Waals surface area contributed by atoms with Gasteiger partial charge < -0.3 is 4.34 Å². The van der Waals surface area contributed by atoms with Crippen LogP contribution in [0.2, 0.25) is 0 Å². The van der Waals surface area contributed by atoms with E-state index in [1.807, 2.05) is 60.8 Å². The van der Waals surface area contributed by atoms with Gasteiger partial charge in [-0.1, -0.05) is 51.1 Å². The van der Waals surface area contributed by atoms with E-state index in [1.165, 1.54) is 11.3 Å². The Morgan fingerprint density at radius 1 is 1.32 bits per heavy atom. The number of thiazole rings is 1. The fraction of sp³-hybridized carbons (Fsp3) is 0.286. The normalized spacial score (nSPS) is 10.8. The van der Waals surface area contributed by atoms with E-state index in [9.17, 15) is 4.79 Å². The molecule has 1 unspecified atom stereocenters. The minimum absolute atomic E-state index is 0.0948. The lowest BCUT2D eigenvalue weighted by atomic mass is 10.2. The van der Waals surface area contributed by atoms with Crippen LogP contribution >= 0.6 is 20.7 Å². The molecule has 0 aliphatic heterocycles. The number of hydrogen-bond donors (Lipinski definition) is 0. The van der Waals surface area contributed by atoms with E-state index in [2.05, 4.69) is 14.4 Å². The van der Waals surface area contributed by atoms with Crippen LogP contribution in [-0.4, -0.2) is 10.2 Å². The van der Waals surface area contributed by atoms with Crippen LogP contribution < -0.4 is 4.80 Å². The first-order valence-corrected chi connectivity index (χ1v) is 7.70. The molecule has 1 aromatic carbocycles. The van der Waals surface area contributed by atoms with Gasteiger partial charge in [0.2, 0.25) is 5.91 Å². The summed E-state index contributed by atoms with van der Waals surface area (Å²) in [6, 6.07) is 10.0. The van der Waals surface area contributed by atoms with Crippen LogP contribution in [0.1, 0.15) is 27.2 Å². The van der Waals surface area contributed by atoms with Crippen molar-refractivity contribution in [3.63, 3.8) is 0 Å². The van der Waals surface area contributed by atoms with Crippen molar-refractivity contribution >= 4 is 26.6 Å². The van der Waals surface area contributed by atoms with Gasteiger partial charge in [-0.05, 0) is 15.0 Å². The molecule has 0 aliphatic rings. The molecule has 102 valence electrons. The Labute approximate surface area is 120 Å². The van der Waals surface area contributed by atoms with Gasteiger partial charge in [-0.3, -0.25) is 4.79 Å². The zero-order valence-corrected chi connectivity index (χ0v) is 13.4. The van der Waals surface area contributed by atoms with Gasteiger partial charge >= 0.3 is 0 Å². The van der Waals surface area contributed by atoms with Crippen LogP contribution in [0, 0.1) is 0 Å². The second-order valence-corrected chi connectivity index (χ2v) is 4.85. The standard InChI is InChI=1S/C12H13N2OPS.C2H6/c1-2-11(15)13-12-14(16)10(8-17-12)9-6-4-3-5-7-9;1-2/h3-8H,2,16H2,1H3;1-2H3. The molecule has 1 heterocycles. The summed E-state index contributed by atoms with van der Waals surface area (Å²) in [5, 5.41) is 2.00. The van der Waals surface area contributed by atoms with Crippen LogP contribution in [-0.2, 0) is 4.79 Å². The third-order valence-electron chi connectivity index (χ3n) is 2.33. The Morgan fingerprint density at radius 2 is 1.95 bits per heavy atom. The maximum absolute atomic E-state index is 11.3. The number of amides is 1. The lowest BCUT2D eigenvalue weighted by Crippen LogP contribution is -2.09. The fourth-order valence-electron chi connectivity index (χ4n) is 1.41. The third-order valence-corrected chi connectivity index (χ3v) is 3.88. The number of hydrogen-bond acceptors (Lipinski definition) is 2. The van der Waals surface area contributed by atoms with Gasteiger partial charge in [-0.25, -0.2) is 0 Å². The lowest BCUT2D eigenvalue weighted by Gasteiger charge is -2.01. The Balaban J connectivity index is 0.000000861. The van der Waals surface area contributed by atoms with Gasteiger partial charge in [0.05, 0.1) is 5.69 Å². The minimum Gasteiger partial charge on any atom is -0.301 e. The van der Waals surface area contributed by atoms with Gasteiger partial charge in [0.25, 0.3) is 0 Å². The molecule has 0 aliphatic carbocycles. The van der Waals surface area contributed by atoms with Gasteiger partial charge in [-0.15, -0.1) is 11.3 Å². The molecule has 0 fully saturated rings. The molecule has 2 rings (SSSR count). The average molecular weight is 294 g/mol. The second-order valence-electron chi connectivity index (χ2n) is 3.50. The van der Waals surface area contributed by atoms with Crippen molar-refractivity contribution < 1.29 is 4.79 Å². The summed E-state index contributed by atoms with van der Waals surface area (Å²) >= 11 is 1.47. The van der Waals surface area contributed by atoms with Crippen molar-refractivity contribution in [2.45, 2.75) is 27.2 Å². The summed E-state index contributed by atoms with van der Waals surface area (Å²) in [7, 11) is 2.60. The summed E-state index contributed by atoms with van der Waals surface area (Å²) in [5.74, 6) is -0.0948. The van der Waals surface area contributed by atoms with Crippen molar-refractivity contribution in [3.05, 3.63) is 40.5 Å². The molecule has 0 saturated carbocycles. The molecule has 19 heavy (non-hydrogen) atoms. The summed E-state index contributed by atoms with van der Waals surface area (Å²) in [6.45, 7) is 5.81. The van der Waals surface area contributed by atoms with Crippen LogP contribution in [0.5, 0.6) is 0 Å². The summed E-state index contributed by atoms with van der Waals surface area (Å²) in [5.41, 5.74) is 2.16. The zero-order valence-electron chi connectivity index (χ0n) is 11.5.